The molecule has 0 aromatic heterocycles. The molecule has 0 saturated heterocycles. The van der Waals surface area contributed by atoms with Crippen LogP contribution in [0.1, 0.15) is 11.1 Å². The van der Waals surface area contributed by atoms with E-state index in [0.717, 1.165) is 16.1 Å². The van der Waals surface area contributed by atoms with E-state index in [2.05, 4.69) is 6.58 Å². The fourth-order valence-electron chi connectivity index (χ4n) is 0.951. The zero-order valence-electron chi connectivity index (χ0n) is 7.05. The third-order valence-electron chi connectivity index (χ3n) is 1.61. The van der Waals surface area contributed by atoms with E-state index in [1.807, 2.05) is 37.3 Å². The summed E-state index contributed by atoms with van der Waals surface area (Å²) in [6.45, 7) is 5.60. The highest BCUT2D eigenvalue weighted by atomic mass is 35.5. The van der Waals surface area contributed by atoms with Crippen LogP contribution in [-0.2, 0) is 0 Å². The van der Waals surface area contributed by atoms with E-state index in [4.69, 9.17) is 11.6 Å². The molecule has 12 heavy (non-hydrogen) atoms. The minimum atomic E-state index is 0.811. The molecule has 0 N–H and O–H groups in total. The van der Waals surface area contributed by atoms with Crippen LogP contribution in [0.5, 0.6) is 0 Å². The number of aryl methyl sites for hydroxylation is 1. The SMILES string of the molecule is C=C/C=C\c1ccc(Cl)c(C)c1. The summed E-state index contributed by atoms with van der Waals surface area (Å²) in [7, 11) is 0. The van der Waals surface area contributed by atoms with Crippen molar-refractivity contribution in [1.82, 2.24) is 0 Å². The summed E-state index contributed by atoms with van der Waals surface area (Å²) < 4.78 is 0. The third kappa shape index (κ3) is 2.24. The van der Waals surface area contributed by atoms with Crippen LogP contribution in [0.3, 0.4) is 0 Å². The van der Waals surface area contributed by atoms with E-state index in [1.165, 1.54) is 0 Å². The Kier molecular flexibility index (Phi) is 3.12. The lowest BCUT2D eigenvalue weighted by molar-refractivity contribution is 1.46. The highest BCUT2D eigenvalue weighted by Crippen LogP contribution is 2.16. The summed E-state index contributed by atoms with van der Waals surface area (Å²) >= 11 is 5.87. The Labute approximate surface area is 78.2 Å². The molecule has 1 rings (SSSR count). The van der Waals surface area contributed by atoms with Gasteiger partial charge in [0.1, 0.15) is 0 Å². The van der Waals surface area contributed by atoms with Crippen molar-refractivity contribution in [3.05, 3.63) is 53.1 Å². The lowest BCUT2D eigenvalue weighted by Gasteiger charge is -1.98. The second kappa shape index (κ2) is 4.13. The van der Waals surface area contributed by atoms with Crippen LogP contribution in [0.15, 0.2) is 36.9 Å². The average molecular weight is 179 g/mol. The highest BCUT2D eigenvalue weighted by Gasteiger charge is 1.93. The molecule has 0 amide bonds. The Morgan fingerprint density at radius 2 is 2.17 bits per heavy atom. The number of allylic oxidation sites excluding steroid dienone is 2. The van der Waals surface area contributed by atoms with Gasteiger partial charge in [-0.2, -0.15) is 0 Å². The standard InChI is InChI=1S/C11H11Cl/c1-3-4-5-10-6-7-11(12)9(2)8-10/h3-8H,1H2,2H3/b5-4-. The molecule has 0 spiro atoms. The average Bonchev–Trinajstić information content (AvgIpc) is 2.07. The molecule has 0 heterocycles. The monoisotopic (exact) mass is 178 g/mol. The Bertz CT molecular complexity index is 311. The number of hydrogen-bond donors (Lipinski definition) is 0. The minimum Gasteiger partial charge on any atom is -0.0991 e. The molecule has 62 valence electrons. The van der Waals surface area contributed by atoms with Crippen LogP contribution < -0.4 is 0 Å². The van der Waals surface area contributed by atoms with Crippen LogP contribution in [0, 0.1) is 6.92 Å². The fourth-order valence-corrected chi connectivity index (χ4v) is 1.07. The predicted octanol–water partition coefficient (Wildman–Crippen LogP) is 3.85. The second-order valence-corrected chi connectivity index (χ2v) is 3.01. The molecule has 0 atom stereocenters. The molecule has 1 aromatic rings. The molecular formula is C11H11Cl. The normalized spacial score (nSPS) is 10.5. The maximum atomic E-state index is 5.87. The van der Waals surface area contributed by atoms with Gasteiger partial charge in [-0.15, -0.1) is 0 Å². The van der Waals surface area contributed by atoms with Gasteiger partial charge < -0.3 is 0 Å². The first-order valence-electron chi connectivity index (χ1n) is 3.79. The van der Waals surface area contributed by atoms with Gasteiger partial charge in [-0.05, 0) is 24.1 Å². The lowest BCUT2D eigenvalue weighted by Crippen LogP contribution is -1.76. The van der Waals surface area contributed by atoms with E-state index >= 15 is 0 Å². The lowest BCUT2D eigenvalue weighted by atomic mass is 10.1. The molecule has 0 aliphatic carbocycles. The van der Waals surface area contributed by atoms with Gasteiger partial charge in [-0.3, -0.25) is 0 Å². The number of rotatable bonds is 2. The quantitative estimate of drug-likeness (QED) is 0.604. The molecular weight excluding hydrogens is 168 g/mol. The predicted molar refractivity (Wildman–Crippen MR) is 55.4 cm³/mol. The Morgan fingerprint density at radius 1 is 1.42 bits per heavy atom. The first-order chi connectivity index (χ1) is 5.74. The highest BCUT2D eigenvalue weighted by molar-refractivity contribution is 6.31. The number of halogens is 1. The molecule has 0 radical (unpaired) electrons. The zero-order chi connectivity index (χ0) is 8.97. The van der Waals surface area contributed by atoms with Gasteiger partial charge in [0.2, 0.25) is 0 Å². The first kappa shape index (κ1) is 9.08. The van der Waals surface area contributed by atoms with Crippen LogP contribution in [0.4, 0.5) is 0 Å². The molecule has 0 fully saturated rings. The summed E-state index contributed by atoms with van der Waals surface area (Å²) in [6.07, 6.45) is 5.66. The smallest absolute Gasteiger partial charge is 0.0435 e. The molecule has 0 aliphatic heterocycles. The van der Waals surface area contributed by atoms with Crippen molar-refractivity contribution in [2.45, 2.75) is 6.92 Å². The Hall–Kier alpha value is -1.01. The minimum absolute atomic E-state index is 0.811. The number of benzene rings is 1. The van der Waals surface area contributed by atoms with Crippen LogP contribution >= 0.6 is 11.6 Å². The molecule has 0 bridgehead atoms. The summed E-state index contributed by atoms with van der Waals surface area (Å²) in [5.74, 6) is 0. The molecule has 1 heteroatoms. The molecule has 0 unspecified atom stereocenters. The van der Waals surface area contributed by atoms with E-state index in [1.54, 1.807) is 6.08 Å². The van der Waals surface area contributed by atoms with Crippen molar-refractivity contribution in [2.75, 3.05) is 0 Å². The Morgan fingerprint density at radius 3 is 2.75 bits per heavy atom. The van der Waals surface area contributed by atoms with Crippen molar-refractivity contribution in [2.24, 2.45) is 0 Å². The number of hydrogen-bond acceptors (Lipinski definition) is 0. The van der Waals surface area contributed by atoms with E-state index in [-0.39, 0.29) is 0 Å². The van der Waals surface area contributed by atoms with Crippen molar-refractivity contribution in [1.29, 1.82) is 0 Å². The maximum absolute atomic E-state index is 5.87. The van der Waals surface area contributed by atoms with Crippen molar-refractivity contribution in [3.63, 3.8) is 0 Å². The summed E-state index contributed by atoms with van der Waals surface area (Å²) in [4.78, 5) is 0. The van der Waals surface area contributed by atoms with Gasteiger partial charge >= 0.3 is 0 Å². The molecule has 1 aromatic carbocycles. The van der Waals surface area contributed by atoms with Crippen molar-refractivity contribution >= 4 is 17.7 Å². The van der Waals surface area contributed by atoms with Crippen molar-refractivity contribution in [3.8, 4) is 0 Å². The topological polar surface area (TPSA) is 0 Å². The summed E-state index contributed by atoms with van der Waals surface area (Å²) in [6, 6.07) is 5.93. The molecule has 0 saturated carbocycles. The van der Waals surface area contributed by atoms with Gasteiger partial charge in [0.15, 0.2) is 0 Å². The largest absolute Gasteiger partial charge is 0.0991 e. The van der Waals surface area contributed by atoms with Crippen molar-refractivity contribution < 1.29 is 0 Å². The summed E-state index contributed by atoms with van der Waals surface area (Å²) in [5, 5.41) is 0.811. The third-order valence-corrected chi connectivity index (χ3v) is 2.03. The van der Waals surface area contributed by atoms with Gasteiger partial charge in [-0.1, -0.05) is 48.5 Å². The van der Waals surface area contributed by atoms with Gasteiger partial charge in [0.25, 0.3) is 0 Å². The van der Waals surface area contributed by atoms with E-state index in [0.29, 0.717) is 0 Å². The maximum Gasteiger partial charge on any atom is 0.0435 e. The summed E-state index contributed by atoms with van der Waals surface area (Å²) in [5.41, 5.74) is 2.25. The molecule has 0 aliphatic rings. The van der Waals surface area contributed by atoms with Crippen LogP contribution in [0.2, 0.25) is 5.02 Å². The van der Waals surface area contributed by atoms with E-state index in [9.17, 15) is 0 Å². The van der Waals surface area contributed by atoms with E-state index < -0.39 is 0 Å². The van der Waals surface area contributed by atoms with Gasteiger partial charge in [0.05, 0.1) is 0 Å². The zero-order valence-corrected chi connectivity index (χ0v) is 7.81. The van der Waals surface area contributed by atoms with Crippen LogP contribution in [0.25, 0.3) is 6.08 Å². The first-order valence-corrected chi connectivity index (χ1v) is 4.17. The fraction of sp³-hybridized carbons (Fsp3) is 0.0909. The molecule has 0 nitrogen and oxygen atoms in total. The Balaban J connectivity index is 2.96. The van der Waals surface area contributed by atoms with Gasteiger partial charge in [0, 0.05) is 5.02 Å². The van der Waals surface area contributed by atoms with Gasteiger partial charge in [-0.25, -0.2) is 0 Å². The second-order valence-electron chi connectivity index (χ2n) is 2.60. The van der Waals surface area contributed by atoms with Crippen LogP contribution in [-0.4, -0.2) is 0 Å².